The maximum absolute atomic E-state index is 11.9. The van der Waals surface area contributed by atoms with Crippen LogP contribution in [0.3, 0.4) is 0 Å². The van der Waals surface area contributed by atoms with E-state index in [1.165, 1.54) is 0 Å². The third kappa shape index (κ3) is 5.37. The third-order valence-corrected chi connectivity index (χ3v) is 3.29. The highest BCUT2D eigenvalue weighted by atomic mass is 16.5. The van der Waals surface area contributed by atoms with Gasteiger partial charge in [-0.2, -0.15) is 0 Å². The fourth-order valence-electron chi connectivity index (χ4n) is 1.80. The Morgan fingerprint density at radius 2 is 2.30 bits per heavy atom. The van der Waals surface area contributed by atoms with Gasteiger partial charge in [0.25, 0.3) is 5.91 Å². The maximum Gasteiger partial charge on any atom is 0.273 e. The van der Waals surface area contributed by atoms with E-state index in [2.05, 4.69) is 15.5 Å². The van der Waals surface area contributed by atoms with Crippen LogP contribution in [0.2, 0.25) is 0 Å². The van der Waals surface area contributed by atoms with Gasteiger partial charge in [-0.3, -0.25) is 9.78 Å². The summed E-state index contributed by atoms with van der Waals surface area (Å²) >= 11 is 0. The van der Waals surface area contributed by atoms with E-state index in [9.17, 15) is 4.79 Å². The number of amides is 1. The Balaban J connectivity index is 1.80. The zero-order valence-electron chi connectivity index (χ0n) is 13.3. The van der Waals surface area contributed by atoms with Gasteiger partial charge >= 0.3 is 0 Å². The first kappa shape index (κ1) is 17.0. The number of carbonyl (C=O) groups excluding carboxylic acids is 1. The predicted octanol–water partition coefficient (Wildman–Crippen LogP) is 1.71. The molecule has 0 aromatic carbocycles. The van der Waals surface area contributed by atoms with Crippen LogP contribution in [-0.2, 0) is 6.61 Å². The summed E-state index contributed by atoms with van der Waals surface area (Å²) in [6.07, 6.45) is 2.33. The van der Waals surface area contributed by atoms with Gasteiger partial charge in [0.15, 0.2) is 11.5 Å². The first-order valence-electron chi connectivity index (χ1n) is 7.48. The van der Waals surface area contributed by atoms with Crippen molar-refractivity contribution in [3.05, 3.63) is 41.5 Å². The molecule has 0 bridgehead atoms. The van der Waals surface area contributed by atoms with Gasteiger partial charge in [-0.1, -0.05) is 12.1 Å². The number of aliphatic hydroxyl groups excluding tert-OH is 1. The third-order valence-electron chi connectivity index (χ3n) is 3.29. The molecule has 0 aliphatic carbocycles. The summed E-state index contributed by atoms with van der Waals surface area (Å²) in [6.45, 7) is 4.57. The Morgan fingerprint density at radius 3 is 3.00 bits per heavy atom. The van der Waals surface area contributed by atoms with Crippen molar-refractivity contribution in [3.8, 4) is 5.75 Å². The topological polar surface area (TPSA) is 97.5 Å². The first-order valence-corrected chi connectivity index (χ1v) is 7.48. The fourth-order valence-corrected chi connectivity index (χ4v) is 1.80. The van der Waals surface area contributed by atoms with E-state index in [4.69, 9.17) is 14.4 Å². The van der Waals surface area contributed by atoms with Crippen molar-refractivity contribution in [3.63, 3.8) is 0 Å². The highest BCUT2D eigenvalue weighted by molar-refractivity contribution is 5.92. The molecular weight excluding hydrogens is 298 g/mol. The minimum absolute atomic E-state index is 0.106. The van der Waals surface area contributed by atoms with Gasteiger partial charge in [-0.25, -0.2) is 0 Å². The average molecular weight is 319 g/mol. The lowest BCUT2D eigenvalue weighted by Crippen LogP contribution is -2.26. The van der Waals surface area contributed by atoms with Gasteiger partial charge < -0.3 is 19.7 Å². The molecule has 1 amide bonds. The molecule has 0 saturated carbocycles. The molecule has 0 spiro atoms. The normalized spacial score (nSPS) is 12.0. The molecule has 2 aromatic rings. The van der Waals surface area contributed by atoms with Crippen molar-refractivity contribution in [1.82, 2.24) is 15.5 Å². The summed E-state index contributed by atoms with van der Waals surface area (Å²) in [4.78, 5) is 16.0. The Bertz CT molecular complexity index is 625. The highest BCUT2D eigenvalue weighted by Gasteiger charge is 2.13. The maximum atomic E-state index is 11.9. The van der Waals surface area contributed by atoms with Gasteiger partial charge in [0.2, 0.25) is 0 Å². The van der Waals surface area contributed by atoms with Crippen LogP contribution in [0.5, 0.6) is 5.75 Å². The summed E-state index contributed by atoms with van der Waals surface area (Å²) < 4.78 is 10.6. The number of aliphatic hydroxyl groups is 1. The van der Waals surface area contributed by atoms with Gasteiger partial charge in [0.05, 0.1) is 6.20 Å². The van der Waals surface area contributed by atoms with E-state index in [-0.39, 0.29) is 30.7 Å². The Morgan fingerprint density at radius 1 is 1.48 bits per heavy atom. The molecule has 23 heavy (non-hydrogen) atoms. The van der Waals surface area contributed by atoms with Crippen LogP contribution in [-0.4, -0.2) is 34.3 Å². The number of hydrogen-bond acceptors (Lipinski definition) is 6. The van der Waals surface area contributed by atoms with Crippen molar-refractivity contribution < 1.29 is 19.2 Å². The number of aryl methyl sites for hydroxylation is 1. The number of nitrogens with zero attached hydrogens (tertiary/aromatic N) is 2. The molecule has 2 rings (SSSR count). The second-order valence-corrected chi connectivity index (χ2v) is 5.43. The van der Waals surface area contributed by atoms with Gasteiger partial charge in [0, 0.05) is 24.9 Å². The smallest absolute Gasteiger partial charge is 0.273 e. The van der Waals surface area contributed by atoms with Crippen LogP contribution < -0.4 is 10.1 Å². The summed E-state index contributed by atoms with van der Waals surface area (Å²) in [5, 5.41) is 15.4. The molecule has 0 aliphatic rings. The lowest BCUT2D eigenvalue weighted by Gasteiger charge is -2.07. The zero-order valence-corrected chi connectivity index (χ0v) is 13.3. The van der Waals surface area contributed by atoms with Crippen molar-refractivity contribution in [1.29, 1.82) is 0 Å². The van der Waals surface area contributed by atoms with Crippen LogP contribution in [0.15, 0.2) is 28.9 Å². The minimum Gasteiger partial charge on any atom is -0.484 e. The molecule has 0 radical (unpaired) electrons. The molecule has 2 N–H and O–H groups in total. The molecule has 0 saturated heterocycles. The summed E-state index contributed by atoms with van der Waals surface area (Å²) in [5.41, 5.74) is 1.12. The molecule has 7 heteroatoms. The summed E-state index contributed by atoms with van der Waals surface area (Å²) in [5.74, 6) is 0.928. The Hall–Kier alpha value is -2.41. The van der Waals surface area contributed by atoms with E-state index in [0.717, 1.165) is 5.69 Å². The van der Waals surface area contributed by atoms with E-state index in [1.54, 1.807) is 12.3 Å². The van der Waals surface area contributed by atoms with Crippen molar-refractivity contribution in [2.45, 2.75) is 26.9 Å². The molecule has 124 valence electrons. The molecule has 1 atom stereocenters. The monoisotopic (exact) mass is 319 g/mol. The van der Waals surface area contributed by atoms with Gasteiger partial charge in [-0.15, -0.1) is 0 Å². The van der Waals surface area contributed by atoms with E-state index < -0.39 is 0 Å². The molecule has 0 unspecified atom stereocenters. The van der Waals surface area contributed by atoms with E-state index in [1.807, 2.05) is 26.0 Å². The van der Waals surface area contributed by atoms with Crippen molar-refractivity contribution in [2.75, 3.05) is 13.2 Å². The molecule has 2 aromatic heterocycles. The fraction of sp³-hybridized carbons (Fsp3) is 0.438. The van der Waals surface area contributed by atoms with Crippen LogP contribution >= 0.6 is 0 Å². The van der Waals surface area contributed by atoms with Crippen molar-refractivity contribution >= 4 is 5.91 Å². The van der Waals surface area contributed by atoms with Crippen LogP contribution in [0.4, 0.5) is 0 Å². The number of ether oxygens (including phenoxy) is 1. The number of nitrogens with one attached hydrogen (secondary N) is 1. The molecular formula is C16H21N3O4. The van der Waals surface area contributed by atoms with Crippen LogP contribution in [0.1, 0.15) is 35.3 Å². The Kier molecular flexibility index (Phi) is 6.10. The van der Waals surface area contributed by atoms with Crippen LogP contribution in [0.25, 0.3) is 0 Å². The lowest BCUT2D eigenvalue weighted by molar-refractivity contribution is 0.0940. The Labute approximate surface area is 134 Å². The quantitative estimate of drug-likeness (QED) is 0.768. The minimum atomic E-state index is -0.304. The first-order chi connectivity index (χ1) is 11.1. The predicted molar refractivity (Wildman–Crippen MR) is 83.0 cm³/mol. The summed E-state index contributed by atoms with van der Waals surface area (Å²) in [6, 6.07) is 5.21. The highest BCUT2D eigenvalue weighted by Crippen LogP contribution is 2.12. The van der Waals surface area contributed by atoms with Gasteiger partial charge in [0.1, 0.15) is 12.4 Å². The van der Waals surface area contributed by atoms with E-state index >= 15 is 0 Å². The number of aromatic nitrogens is 2. The summed E-state index contributed by atoms with van der Waals surface area (Å²) in [7, 11) is 0. The standard InChI is InChI=1S/C16H21N3O4/c1-11(9-20)5-6-17-16(21)15-7-14(23-19-15)10-22-13-4-3-12(2)18-8-13/h3-4,7-8,11,20H,5-6,9-10H2,1-2H3,(H,17,21)/t11-/m1/s1. The second kappa shape index (κ2) is 8.28. The largest absolute Gasteiger partial charge is 0.484 e. The number of rotatable bonds is 8. The SMILES string of the molecule is Cc1ccc(OCc2cc(C(=O)NCC[C@@H](C)CO)no2)cn1. The van der Waals surface area contributed by atoms with Crippen LogP contribution in [0, 0.1) is 12.8 Å². The van der Waals surface area contributed by atoms with E-state index in [0.29, 0.717) is 24.5 Å². The number of pyridine rings is 1. The zero-order chi connectivity index (χ0) is 16.7. The molecule has 2 heterocycles. The number of hydrogen-bond donors (Lipinski definition) is 2. The molecule has 0 fully saturated rings. The molecule has 7 nitrogen and oxygen atoms in total. The number of carbonyl (C=O) groups is 1. The van der Waals surface area contributed by atoms with Crippen molar-refractivity contribution in [2.24, 2.45) is 5.92 Å². The lowest BCUT2D eigenvalue weighted by atomic mass is 10.1. The average Bonchev–Trinajstić information content (AvgIpc) is 3.03. The second-order valence-electron chi connectivity index (χ2n) is 5.43. The van der Waals surface area contributed by atoms with Gasteiger partial charge in [-0.05, 0) is 31.4 Å². The molecule has 0 aliphatic heterocycles.